The summed E-state index contributed by atoms with van der Waals surface area (Å²) in [6.07, 6.45) is 1.84. The highest BCUT2D eigenvalue weighted by molar-refractivity contribution is 7.15. The van der Waals surface area contributed by atoms with E-state index in [0.29, 0.717) is 18.8 Å². The zero-order valence-electron chi connectivity index (χ0n) is 14.3. The van der Waals surface area contributed by atoms with Crippen LogP contribution in [0.25, 0.3) is 4.96 Å². The molecule has 0 spiro atoms. The number of nitrogens with zero attached hydrogens (tertiary/aromatic N) is 4. The molecule has 0 N–H and O–H groups in total. The molecule has 1 amide bonds. The van der Waals surface area contributed by atoms with Gasteiger partial charge < -0.3 is 14.5 Å². The van der Waals surface area contributed by atoms with Crippen molar-refractivity contribution in [2.45, 2.75) is 6.92 Å². The van der Waals surface area contributed by atoms with Crippen LogP contribution in [0.4, 0.5) is 5.69 Å². The zero-order valence-corrected chi connectivity index (χ0v) is 15.1. The molecule has 4 rings (SSSR count). The molecule has 3 heterocycles. The van der Waals surface area contributed by atoms with Gasteiger partial charge in [-0.05, 0) is 19.1 Å². The number of thiazole rings is 1. The first kappa shape index (κ1) is 16.0. The van der Waals surface area contributed by atoms with Crippen LogP contribution in [0.5, 0.6) is 5.75 Å². The van der Waals surface area contributed by atoms with Crippen LogP contribution >= 0.6 is 11.3 Å². The van der Waals surface area contributed by atoms with Crippen LogP contribution < -0.4 is 9.64 Å². The Morgan fingerprint density at radius 3 is 2.68 bits per heavy atom. The number of hydrogen-bond acceptors (Lipinski definition) is 5. The molecule has 130 valence electrons. The van der Waals surface area contributed by atoms with E-state index in [0.717, 1.165) is 35.2 Å². The number of ether oxygens (including phenoxy) is 1. The van der Waals surface area contributed by atoms with Gasteiger partial charge in [0.25, 0.3) is 5.91 Å². The van der Waals surface area contributed by atoms with E-state index in [-0.39, 0.29) is 5.91 Å². The Morgan fingerprint density at radius 1 is 1.20 bits per heavy atom. The predicted molar refractivity (Wildman–Crippen MR) is 98.9 cm³/mol. The minimum absolute atomic E-state index is 0.00924. The number of aryl methyl sites for hydroxylation is 1. The second kappa shape index (κ2) is 6.40. The van der Waals surface area contributed by atoms with Gasteiger partial charge in [-0.1, -0.05) is 12.1 Å². The number of amides is 1. The van der Waals surface area contributed by atoms with E-state index in [9.17, 15) is 4.79 Å². The number of carbonyl (C=O) groups is 1. The van der Waals surface area contributed by atoms with Crippen LogP contribution in [-0.2, 0) is 0 Å². The van der Waals surface area contributed by atoms with Gasteiger partial charge in [0.05, 0.1) is 12.8 Å². The standard InChI is InChI=1S/C18H20N4O2S/c1-13-12-25-18-19-14(11-22(13)18)17(23)21-9-7-20(8-10-21)15-5-3-4-6-16(15)24-2/h3-6,11-12H,7-10H2,1-2H3. The van der Waals surface area contributed by atoms with Crippen LogP contribution in [0.2, 0.25) is 0 Å². The molecule has 2 aromatic heterocycles. The molecule has 7 heteroatoms. The van der Waals surface area contributed by atoms with Crippen molar-refractivity contribution in [1.29, 1.82) is 0 Å². The number of anilines is 1. The van der Waals surface area contributed by atoms with E-state index >= 15 is 0 Å². The third-order valence-corrected chi connectivity index (χ3v) is 5.56. The molecule has 0 atom stereocenters. The summed E-state index contributed by atoms with van der Waals surface area (Å²) in [5.74, 6) is 0.877. The first-order chi connectivity index (χ1) is 12.2. The molecule has 1 saturated heterocycles. The van der Waals surface area contributed by atoms with Gasteiger partial charge in [0, 0.05) is 43.4 Å². The lowest BCUT2D eigenvalue weighted by Gasteiger charge is -2.36. The number of methoxy groups -OCH3 is 1. The van der Waals surface area contributed by atoms with E-state index in [1.54, 1.807) is 18.4 Å². The number of piperazine rings is 1. The molecule has 6 nitrogen and oxygen atoms in total. The van der Waals surface area contributed by atoms with Gasteiger partial charge in [-0.25, -0.2) is 4.98 Å². The average molecular weight is 356 g/mol. The summed E-state index contributed by atoms with van der Waals surface area (Å²) < 4.78 is 7.42. The van der Waals surface area contributed by atoms with Gasteiger partial charge in [0.2, 0.25) is 0 Å². The molecule has 0 saturated carbocycles. The molecule has 1 aliphatic heterocycles. The van der Waals surface area contributed by atoms with Crippen molar-refractivity contribution in [2.75, 3.05) is 38.2 Å². The van der Waals surface area contributed by atoms with Crippen molar-refractivity contribution in [3.8, 4) is 5.75 Å². The Hall–Kier alpha value is -2.54. The van der Waals surface area contributed by atoms with Crippen molar-refractivity contribution < 1.29 is 9.53 Å². The predicted octanol–water partition coefficient (Wildman–Crippen LogP) is 2.68. The van der Waals surface area contributed by atoms with Gasteiger partial charge in [-0.3, -0.25) is 9.20 Å². The first-order valence-corrected chi connectivity index (χ1v) is 9.16. The molecule has 25 heavy (non-hydrogen) atoms. The number of para-hydroxylation sites is 2. The van der Waals surface area contributed by atoms with Crippen LogP contribution in [-0.4, -0.2) is 53.5 Å². The number of aromatic nitrogens is 2. The average Bonchev–Trinajstić information content (AvgIpc) is 3.23. The molecule has 0 radical (unpaired) electrons. The molecule has 0 bridgehead atoms. The van der Waals surface area contributed by atoms with Crippen molar-refractivity contribution in [3.05, 3.63) is 47.2 Å². The van der Waals surface area contributed by atoms with Crippen LogP contribution in [0.1, 0.15) is 16.2 Å². The largest absolute Gasteiger partial charge is 0.495 e. The highest BCUT2D eigenvalue weighted by Crippen LogP contribution is 2.28. The van der Waals surface area contributed by atoms with Crippen molar-refractivity contribution in [1.82, 2.24) is 14.3 Å². The fourth-order valence-electron chi connectivity index (χ4n) is 3.20. The highest BCUT2D eigenvalue weighted by atomic mass is 32.1. The van der Waals surface area contributed by atoms with Gasteiger partial charge in [0.1, 0.15) is 11.4 Å². The molecule has 1 aliphatic rings. The number of fused-ring (bicyclic) bond motifs is 1. The van der Waals surface area contributed by atoms with Crippen molar-refractivity contribution >= 4 is 27.9 Å². The number of benzene rings is 1. The number of rotatable bonds is 3. The summed E-state index contributed by atoms with van der Waals surface area (Å²) >= 11 is 1.56. The molecule has 1 fully saturated rings. The Kier molecular flexibility index (Phi) is 4.09. The number of carbonyl (C=O) groups excluding carboxylic acids is 1. The Bertz CT molecular complexity index is 909. The lowest BCUT2D eigenvalue weighted by Crippen LogP contribution is -2.49. The van der Waals surface area contributed by atoms with E-state index in [1.165, 1.54) is 0 Å². The maximum absolute atomic E-state index is 12.8. The lowest BCUT2D eigenvalue weighted by atomic mass is 10.2. The van der Waals surface area contributed by atoms with Crippen molar-refractivity contribution in [3.63, 3.8) is 0 Å². The Labute approximate surface area is 150 Å². The summed E-state index contributed by atoms with van der Waals surface area (Å²) in [7, 11) is 1.69. The molecular weight excluding hydrogens is 336 g/mol. The molecule has 0 unspecified atom stereocenters. The van der Waals surface area contributed by atoms with E-state index in [1.807, 2.05) is 46.0 Å². The quantitative estimate of drug-likeness (QED) is 0.724. The monoisotopic (exact) mass is 356 g/mol. The number of hydrogen-bond donors (Lipinski definition) is 0. The molecule has 3 aromatic rings. The van der Waals surface area contributed by atoms with E-state index in [4.69, 9.17) is 4.74 Å². The van der Waals surface area contributed by atoms with E-state index in [2.05, 4.69) is 16.0 Å². The summed E-state index contributed by atoms with van der Waals surface area (Å²) in [5, 5.41) is 2.04. The topological polar surface area (TPSA) is 50.1 Å². The summed E-state index contributed by atoms with van der Waals surface area (Å²) in [6.45, 7) is 4.95. The minimum Gasteiger partial charge on any atom is -0.495 e. The SMILES string of the molecule is COc1ccccc1N1CCN(C(=O)c2cn3c(C)csc3n2)CC1. The fourth-order valence-corrected chi connectivity index (χ4v) is 4.05. The molecule has 1 aromatic carbocycles. The molecule has 0 aliphatic carbocycles. The second-order valence-corrected chi connectivity index (χ2v) is 6.94. The maximum atomic E-state index is 12.8. The maximum Gasteiger partial charge on any atom is 0.274 e. The van der Waals surface area contributed by atoms with Crippen LogP contribution in [0.15, 0.2) is 35.8 Å². The van der Waals surface area contributed by atoms with Gasteiger partial charge in [-0.15, -0.1) is 11.3 Å². The smallest absolute Gasteiger partial charge is 0.274 e. The van der Waals surface area contributed by atoms with Gasteiger partial charge >= 0.3 is 0 Å². The van der Waals surface area contributed by atoms with Gasteiger partial charge in [-0.2, -0.15) is 0 Å². The normalized spacial score (nSPS) is 15.0. The number of imidazole rings is 1. The lowest BCUT2D eigenvalue weighted by molar-refractivity contribution is 0.0741. The van der Waals surface area contributed by atoms with Crippen molar-refractivity contribution in [2.24, 2.45) is 0 Å². The van der Waals surface area contributed by atoms with Crippen LogP contribution in [0, 0.1) is 6.92 Å². The van der Waals surface area contributed by atoms with Crippen LogP contribution in [0.3, 0.4) is 0 Å². The first-order valence-electron chi connectivity index (χ1n) is 8.28. The zero-order chi connectivity index (χ0) is 17.4. The third kappa shape index (κ3) is 2.84. The fraction of sp³-hybridized carbons (Fsp3) is 0.333. The van der Waals surface area contributed by atoms with Gasteiger partial charge in [0.15, 0.2) is 4.96 Å². The summed E-state index contributed by atoms with van der Waals surface area (Å²) in [6, 6.07) is 8.00. The summed E-state index contributed by atoms with van der Waals surface area (Å²) in [4.78, 5) is 22.2. The van der Waals surface area contributed by atoms with E-state index < -0.39 is 0 Å². The summed E-state index contributed by atoms with van der Waals surface area (Å²) in [5.41, 5.74) is 2.71. The third-order valence-electron chi connectivity index (χ3n) is 4.60. The highest BCUT2D eigenvalue weighted by Gasteiger charge is 2.25. The molecular formula is C18H20N4O2S. The minimum atomic E-state index is 0.00924. The Morgan fingerprint density at radius 2 is 1.96 bits per heavy atom. The second-order valence-electron chi connectivity index (χ2n) is 6.11. The Balaban J connectivity index is 1.47.